The Morgan fingerprint density at radius 3 is 2.08 bits per heavy atom. The Balaban J connectivity index is 2.02. The molecule has 0 heterocycles. The van der Waals surface area contributed by atoms with Crippen molar-refractivity contribution in [2.24, 2.45) is 0 Å². The highest BCUT2D eigenvalue weighted by atomic mass is 35.5. The molecule has 0 aliphatic carbocycles. The second-order valence-corrected chi connectivity index (χ2v) is 12.1. The summed E-state index contributed by atoms with van der Waals surface area (Å²) in [6.45, 7) is 8.97. The Labute approximate surface area is 236 Å². The first kappa shape index (κ1) is 30.2. The maximum atomic E-state index is 13.9. The van der Waals surface area contributed by atoms with E-state index in [4.69, 9.17) is 11.6 Å². The Kier molecular flexibility index (Phi) is 10.2. The molecule has 0 saturated carbocycles. The number of nitrogens with zero attached hydrogens (tertiary/aromatic N) is 2. The Morgan fingerprint density at radius 1 is 0.923 bits per heavy atom. The van der Waals surface area contributed by atoms with Crippen LogP contribution in [0.2, 0.25) is 5.02 Å². The molecule has 0 fully saturated rings. The average molecular weight is 570 g/mol. The van der Waals surface area contributed by atoms with Crippen molar-refractivity contribution < 1.29 is 18.0 Å². The van der Waals surface area contributed by atoms with Crippen molar-refractivity contribution in [1.82, 2.24) is 10.2 Å². The van der Waals surface area contributed by atoms with Gasteiger partial charge in [0.2, 0.25) is 11.8 Å². The van der Waals surface area contributed by atoms with Crippen molar-refractivity contribution in [3.05, 3.63) is 94.5 Å². The molecule has 0 radical (unpaired) electrons. The summed E-state index contributed by atoms with van der Waals surface area (Å²) in [4.78, 5) is 28.5. The summed E-state index contributed by atoms with van der Waals surface area (Å²) >= 11 is 6.21. The van der Waals surface area contributed by atoms with Crippen molar-refractivity contribution in [3.8, 4) is 0 Å². The number of rotatable bonds is 11. The summed E-state index contributed by atoms with van der Waals surface area (Å²) in [7, 11) is -4.14. The van der Waals surface area contributed by atoms with Crippen LogP contribution in [0, 0.1) is 13.8 Å². The topological polar surface area (TPSA) is 86.8 Å². The number of anilines is 1. The third-order valence-electron chi connectivity index (χ3n) is 6.63. The summed E-state index contributed by atoms with van der Waals surface area (Å²) in [5.41, 5.74) is 3.05. The molecule has 0 unspecified atom stereocenters. The lowest BCUT2D eigenvalue weighted by molar-refractivity contribution is -0.139. The second-order valence-electron chi connectivity index (χ2n) is 9.81. The minimum Gasteiger partial charge on any atom is -0.352 e. The normalized spacial score (nSPS) is 12.9. The number of carbonyl (C=O) groups excluding carboxylic acids is 2. The Morgan fingerprint density at radius 2 is 1.51 bits per heavy atom. The molecule has 3 aromatic carbocycles. The van der Waals surface area contributed by atoms with Gasteiger partial charge in [-0.2, -0.15) is 0 Å². The molecule has 1 N–H and O–H groups in total. The molecule has 9 heteroatoms. The van der Waals surface area contributed by atoms with E-state index in [9.17, 15) is 18.0 Å². The molecular formula is C30H36ClN3O4S. The van der Waals surface area contributed by atoms with Crippen LogP contribution in [0.3, 0.4) is 0 Å². The summed E-state index contributed by atoms with van der Waals surface area (Å²) in [5, 5.41) is 3.27. The molecule has 39 heavy (non-hydrogen) atoms. The van der Waals surface area contributed by atoms with E-state index >= 15 is 0 Å². The zero-order valence-corrected chi connectivity index (χ0v) is 24.6. The van der Waals surface area contributed by atoms with Crippen molar-refractivity contribution in [1.29, 1.82) is 0 Å². The van der Waals surface area contributed by atoms with Gasteiger partial charge in [-0.05, 0) is 70.0 Å². The number of aryl methyl sites for hydroxylation is 2. The summed E-state index contributed by atoms with van der Waals surface area (Å²) in [6.07, 6.45) is 0.738. The monoisotopic (exact) mass is 569 g/mol. The van der Waals surface area contributed by atoms with Gasteiger partial charge in [0, 0.05) is 17.6 Å². The van der Waals surface area contributed by atoms with Gasteiger partial charge in [0.25, 0.3) is 10.0 Å². The molecule has 0 aromatic heterocycles. The molecule has 2 amide bonds. The van der Waals surface area contributed by atoms with Crippen LogP contribution in [0.5, 0.6) is 0 Å². The predicted molar refractivity (Wildman–Crippen MR) is 156 cm³/mol. The fraction of sp³-hybridized carbons (Fsp3) is 0.333. The first-order chi connectivity index (χ1) is 18.4. The fourth-order valence-electron chi connectivity index (χ4n) is 3.94. The lowest BCUT2D eigenvalue weighted by atomic mass is 10.1. The highest BCUT2D eigenvalue weighted by Crippen LogP contribution is 2.27. The van der Waals surface area contributed by atoms with Crippen LogP contribution in [-0.2, 0) is 26.2 Å². The minimum atomic E-state index is -4.14. The lowest BCUT2D eigenvalue weighted by Gasteiger charge is -2.32. The first-order valence-corrected chi connectivity index (χ1v) is 14.7. The maximum Gasteiger partial charge on any atom is 0.264 e. The third-order valence-corrected chi connectivity index (χ3v) is 8.65. The highest BCUT2D eigenvalue weighted by Gasteiger charge is 2.32. The van der Waals surface area contributed by atoms with Crippen molar-refractivity contribution in [2.45, 2.75) is 64.6 Å². The van der Waals surface area contributed by atoms with Crippen LogP contribution >= 0.6 is 11.6 Å². The average Bonchev–Trinajstić information content (AvgIpc) is 2.90. The molecule has 3 rings (SSSR count). The van der Waals surface area contributed by atoms with Gasteiger partial charge < -0.3 is 10.2 Å². The van der Waals surface area contributed by atoms with E-state index in [1.165, 1.54) is 23.1 Å². The van der Waals surface area contributed by atoms with Crippen LogP contribution < -0.4 is 9.62 Å². The molecule has 3 aromatic rings. The van der Waals surface area contributed by atoms with Crippen molar-refractivity contribution >= 4 is 39.1 Å². The van der Waals surface area contributed by atoms with E-state index in [2.05, 4.69) is 5.32 Å². The van der Waals surface area contributed by atoms with Gasteiger partial charge in [0.1, 0.15) is 12.6 Å². The van der Waals surface area contributed by atoms with E-state index in [-0.39, 0.29) is 29.1 Å². The zero-order chi connectivity index (χ0) is 28.7. The largest absolute Gasteiger partial charge is 0.352 e. The second kappa shape index (κ2) is 13.1. The number of hydrogen-bond donors (Lipinski definition) is 1. The zero-order valence-electron chi connectivity index (χ0n) is 23.0. The number of nitrogens with one attached hydrogen (secondary N) is 1. The molecule has 208 valence electrons. The lowest BCUT2D eigenvalue weighted by Crippen LogP contribution is -2.52. The standard InChI is InChI=1S/C30H36ClN3O4S/c1-6-23(4)32-30(36)24(5)33(19-25-14-10-21(2)11-15-25)29(35)20-34(27-9-7-8-26(31)18-27)39(37,38)28-16-12-22(3)13-17-28/h7-18,23-24H,6,19-20H2,1-5H3,(H,32,36)/t23-,24-/m1/s1. The predicted octanol–water partition coefficient (Wildman–Crippen LogP) is 5.48. The van der Waals surface area contributed by atoms with Gasteiger partial charge in [-0.25, -0.2) is 8.42 Å². The molecule has 7 nitrogen and oxygen atoms in total. The number of hydrogen-bond acceptors (Lipinski definition) is 4. The fourth-order valence-corrected chi connectivity index (χ4v) is 5.53. The van der Waals surface area contributed by atoms with Crippen molar-refractivity contribution in [2.75, 3.05) is 10.8 Å². The number of amides is 2. The van der Waals surface area contributed by atoms with Crippen LogP contribution in [0.4, 0.5) is 5.69 Å². The number of sulfonamides is 1. The van der Waals surface area contributed by atoms with Crippen LogP contribution in [0.15, 0.2) is 77.7 Å². The summed E-state index contributed by atoms with van der Waals surface area (Å²) in [6, 6.07) is 19.5. The van der Waals surface area contributed by atoms with Gasteiger partial charge >= 0.3 is 0 Å². The molecule has 0 saturated heterocycles. The minimum absolute atomic E-state index is 0.0496. The van der Waals surface area contributed by atoms with E-state index in [0.29, 0.717) is 5.02 Å². The smallest absolute Gasteiger partial charge is 0.264 e. The van der Waals surface area contributed by atoms with Gasteiger partial charge in [0.05, 0.1) is 10.6 Å². The number of halogens is 1. The maximum absolute atomic E-state index is 13.9. The SMILES string of the molecule is CC[C@@H](C)NC(=O)[C@@H](C)N(Cc1ccc(C)cc1)C(=O)CN(c1cccc(Cl)c1)S(=O)(=O)c1ccc(C)cc1. The molecule has 0 aliphatic heterocycles. The van der Waals surface area contributed by atoms with E-state index in [1.54, 1.807) is 37.3 Å². The Bertz CT molecular complexity index is 1390. The van der Waals surface area contributed by atoms with Gasteiger partial charge in [-0.3, -0.25) is 13.9 Å². The molecular weight excluding hydrogens is 534 g/mol. The number of benzene rings is 3. The quantitative estimate of drug-likeness (QED) is 0.331. The number of carbonyl (C=O) groups is 2. The van der Waals surface area contributed by atoms with Gasteiger partial charge in [-0.15, -0.1) is 0 Å². The van der Waals surface area contributed by atoms with E-state index in [0.717, 1.165) is 27.4 Å². The molecule has 0 spiro atoms. The van der Waals surface area contributed by atoms with E-state index in [1.807, 2.05) is 52.0 Å². The van der Waals surface area contributed by atoms with Gasteiger partial charge in [0.15, 0.2) is 0 Å². The Hall–Kier alpha value is -3.36. The van der Waals surface area contributed by atoms with Crippen LogP contribution in [0.25, 0.3) is 0 Å². The first-order valence-electron chi connectivity index (χ1n) is 12.9. The van der Waals surface area contributed by atoms with E-state index < -0.39 is 28.5 Å². The molecule has 0 bridgehead atoms. The van der Waals surface area contributed by atoms with Crippen LogP contribution in [-0.4, -0.2) is 43.8 Å². The third kappa shape index (κ3) is 7.83. The highest BCUT2D eigenvalue weighted by molar-refractivity contribution is 7.92. The summed E-state index contributed by atoms with van der Waals surface area (Å²) in [5.74, 6) is -0.821. The summed E-state index contributed by atoms with van der Waals surface area (Å²) < 4.78 is 28.7. The van der Waals surface area contributed by atoms with Crippen LogP contribution in [0.1, 0.15) is 43.9 Å². The molecule has 2 atom stereocenters. The van der Waals surface area contributed by atoms with Crippen molar-refractivity contribution in [3.63, 3.8) is 0 Å². The van der Waals surface area contributed by atoms with Gasteiger partial charge in [-0.1, -0.05) is 72.1 Å². The molecule has 0 aliphatic rings.